The van der Waals surface area contributed by atoms with Crippen LogP contribution in [0.5, 0.6) is 5.75 Å². The minimum absolute atomic E-state index is 0.149. The third-order valence-electron chi connectivity index (χ3n) is 3.50. The monoisotopic (exact) mass is 354 g/mol. The van der Waals surface area contributed by atoms with Gasteiger partial charge in [0.25, 0.3) is 5.91 Å². The first kappa shape index (κ1) is 18.4. The lowest BCUT2D eigenvalue weighted by molar-refractivity contribution is -0.274. The van der Waals surface area contributed by atoms with Crippen molar-refractivity contribution in [1.29, 1.82) is 0 Å². The summed E-state index contributed by atoms with van der Waals surface area (Å²) < 4.78 is 40.1. The second-order valence-electron chi connectivity index (χ2n) is 5.22. The molecule has 2 rings (SSSR count). The van der Waals surface area contributed by atoms with Gasteiger partial charge in [0.15, 0.2) is 0 Å². The second-order valence-corrected chi connectivity index (χ2v) is 5.22. The number of benzene rings is 2. The number of hydrogen-bond donors (Lipinski definition) is 4. The summed E-state index contributed by atoms with van der Waals surface area (Å²) in [6, 6.07) is 8.10. The van der Waals surface area contributed by atoms with Crippen LogP contribution in [0, 0.1) is 6.92 Å². The molecule has 1 amide bonds. The minimum Gasteiger partial charge on any atom is -0.406 e. The van der Waals surface area contributed by atoms with Crippen LogP contribution in [0.2, 0.25) is 0 Å². The van der Waals surface area contributed by atoms with E-state index in [9.17, 15) is 18.0 Å². The molecular formula is C16H17F3N4O2. The molecule has 0 unspecified atom stereocenters. The van der Waals surface area contributed by atoms with Crippen LogP contribution in [-0.2, 0) is 6.54 Å². The standard InChI is InChI=1S/C16H17F3N4O2/c1-9-2-7-13(20)14(23-21)12(9)8-22-15(24)10-3-5-11(6-4-10)25-16(17,18)19/h2-7,23H,8,20-21H2,1H3,(H,22,24). The van der Waals surface area contributed by atoms with Gasteiger partial charge >= 0.3 is 6.36 Å². The highest BCUT2D eigenvalue weighted by atomic mass is 19.4. The molecule has 0 saturated carbocycles. The number of hydrogen-bond acceptors (Lipinski definition) is 5. The van der Waals surface area contributed by atoms with Crippen molar-refractivity contribution in [3.63, 3.8) is 0 Å². The summed E-state index contributed by atoms with van der Waals surface area (Å²) in [6.07, 6.45) is -4.78. The van der Waals surface area contributed by atoms with Gasteiger partial charge in [-0.1, -0.05) is 6.07 Å². The molecule has 2 aromatic carbocycles. The Morgan fingerprint density at radius 3 is 2.36 bits per heavy atom. The van der Waals surface area contributed by atoms with Crippen LogP contribution < -0.4 is 27.1 Å². The smallest absolute Gasteiger partial charge is 0.406 e. The Hall–Kier alpha value is -2.94. The summed E-state index contributed by atoms with van der Waals surface area (Å²) >= 11 is 0. The molecule has 0 atom stereocenters. The van der Waals surface area contributed by atoms with Crippen LogP contribution in [0.25, 0.3) is 0 Å². The lowest BCUT2D eigenvalue weighted by Gasteiger charge is -2.15. The normalized spacial score (nSPS) is 11.1. The van der Waals surface area contributed by atoms with E-state index in [0.29, 0.717) is 16.9 Å². The maximum absolute atomic E-state index is 12.2. The molecule has 0 spiro atoms. The molecule has 0 heterocycles. The van der Waals surface area contributed by atoms with Crippen molar-refractivity contribution < 1.29 is 22.7 Å². The molecule has 6 N–H and O–H groups in total. The second kappa shape index (κ2) is 7.31. The summed E-state index contributed by atoms with van der Waals surface area (Å²) in [5.41, 5.74) is 11.0. The number of nitrogens with two attached hydrogens (primary N) is 2. The quantitative estimate of drug-likeness (QED) is 0.376. The topological polar surface area (TPSA) is 102 Å². The third kappa shape index (κ3) is 4.77. The highest BCUT2D eigenvalue weighted by molar-refractivity contribution is 5.94. The van der Waals surface area contributed by atoms with Crippen LogP contribution in [0.15, 0.2) is 36.4 Å². The molecule has 0 aromatic heterocycles. The number of anilines is 2. The largest absolute Gasteiger partial charge is 0.573 e. The maximum atomic E-state index is 12.2. The van der Waals surface area contributed by atoms with Crippen molar-refractivity contribution in [3.8, 4) is 5.75 Å². The zero-order valence-electron chi connectivity index (χ0n) is 13.3. The van der Waals surface area contributed by atoms with E-state index in [1.165, 1.54) is 12.1 Å². The molecule has 0 aliphatic rings. The molecule has 6 nitrogen and oxygen atoms in total. The average Bonchev–Trinajstić information content (AvgIpc) is 2.54. The van der Waals surface area contributed by atoms with Gasteiger partial charge in [0.2, 0.25) is 0 Å². The Kier molecular flexibility index (Phi) is 5.38. The number of halogens is 3. The van der Waals surface area contributed by atoms with E-state index in [0.717, 1.165) is 17.7 Å². The van der Waals surface area contributed by atoms with E-state index in [1.54, 1.807) is 12.1 Å². The van der Waals surface area contributed by atoms with Crippen molar-refractivity contribution >= 4 is 17.3 Å². The first-order chi connectivity index (χ1) is 11.7. The van der Waals surface area contributed by atoms with Crippen molar-refractivity contribution in [2.45, 2.75) is 19.8 Å². The van der Waals surface area contributed by atoms with Crippen LogP contribution in [0.1, 0.15) is 21.5 Å². The van der Waals surface area contributed by atoms with Crippen LogP contribution in [-0.4, -0.2) is 12.3 Å². The summed E-state index contributed by atoms with van der Waals surface area (Å²) in [5, 5.41) is 2.67. The number of rotatable bonds is 5. The molecule has 0 saturated heterocycles. The fourth-order valence-electron chi connectivity index (χ4n) is 2.25. The fraction of sp³-hybridized carbons (Fsp3) is 0.188. The lowest BCUT2D eigenvalue weighted by Crippen LogP contribution is -2.25. The number of amides is 1. The van der Waals surface area contributed by atoms with Gasteiger partial charge in [-0.25, -0.2) is 0 Å². The summed E-state index contributed by atoms with van der Waals surface area (Å²) in [5.74, 6) is 4.60. The number of alkyl halides is 3. The third-order valence-corrected chi connectivity index (χ3v) is 3.50. The van der Waals surface area contributed by atoms with Gasteiger partial charge in [0, 0.05) is 17.7 Å². The molecule has 9 heteroatoms. The molecule has 0 aliphatic heterocycles. The zero-order chi connectivity index (χ0) is 18.6. The summed E-state index contributed by atoms with van der Waals surface area (Å²) in [6.45, 7) is 1.99. The predicted octanol–water partition coefficient (Wildman–Crippen LogP) is 2.69. The highest BCUT2D eigenvalue weighted by Gasteiger charge is 2.31. The number of hydrazine groups is 1. The minimum atomic E-state index is -4.78. The molecule has 0 bridgehead atoms. The van der Waals surface area contributed by atoms with E-state index < -0.39 is 18.0 Å². The van der Waals surface area contributed by atoms with Crippen molar-refractivity contribution in [2.24, 2.45) is 5.84 Å². The Balaban J connectivity index is 2.07. The maximum Gasteiger partial charge on any atom is 0.573 e. The van der Waals surface area contributed by atoms with Gasteiger partial charge in [0.1, 0.15) is 5.75 Å². The van der Waals surface area contributed by atoms with Gasteiger partial charge in [-0.3, -0.25) is 10.6 Å². The van der Waals surface area contributed by atoms with E-state index in [-0.39, 0.29) is 12.1 Å². The van der Waals surface area contributed by atoms with Gasteiger partial charge in [0.05, 0.1) is 11.4 Å². The predicted molar refractivity (Wildman–Crippen MR) is 87.7 cm³/mol. The SMILES string of the molecule is Cc1ccc(N)c(NN)c1CNC(=O)c1ccc(OC(F)(F)F)cc1. The Morgan fingerprint density at radius 1 is 1.16 bits per heavy atom. The molecule has 134 valence electrons. The van der Waals surface area contributed by atoms with Gasteiger partial charge in [-0.05, 0) is 42.8 Å². The molecule has 0 radical (unpaired) electrons. The number of nitrogen functional groups attached to an aromatic ring is 2. The highest BCUT2D eigenvalue weighted by Crippen LogP contribution is 2.26. The Morgan fingerprint density at radius 2 is 1.80 bits per heavy atom. The summed E-state index contributed by atoms with van der Waals surface area (Å²) in [4.78, 5) is 12.2. The Bertz CT molecular complexity index is 761. The number of aryl methyl sites for hydroxylation is 1. The number of carbonyl (C=O) groups is 1. The first-order valence-corrected chi connectivity index (χ1v) is 7.20. The van der Waals surface area contributed by atoms with Crippen molar-refractivity contribution in [3.05, 3.63) is 53.1 Å². The fourth-order valence-corrected chi connectivity index (χ4v) is 2.25. The van der Waals surface area contributed by atoms with Gasteiger partial charge in [-0.15, -0.1) is 13.2 Å². The Labute approximate surface area is 141 Å². The van der Waals surface area contributed by atoms with Gasteiger partial charge < -0.3 is 21.2 Å². The molecule has 25 heavy (non-hydrogen) atoms. The lowest BCUT2D eigenvalue weighted by atomic mass is 10.0. The van der Waals surface area contributed by atoms with Crippen LogP contribution >= 0.6 is 0 Å². The first-order valence-electron chi connectivity index (χ1n) is 7.20. The molecular weight excluding hydrogens is 337 g/mol. The van der Waals surface area contributed by atoms with E-state index >= 15 is 0 Å². The van der Waals surface area contributed by atoms with Gasteiger partial charge in [-0.2, -0.15) is 0 Å². The molecule has 0 fully saturated rings. The van der Waals surface area contributed by atoms with Crippen LogP contribution in [0.4, 0.5) is 24.5 Å². The molecule has 2 aromatic rings. The van der Waals surface area contributed by atoms with Crippen molar-refractivity contribution in [2.75, 3.05) is 11.2 Å². The zero-order valence-corrected chi connectivity index (χ0v) is 13.3. The molecule has 0 aliphatic carbocycles. The van der Waals surface area contributed by atoms with E-state index in [2.05, 4.69) is 15.5 Å². The number of ether oxygens (including phenoxy) is 1. The van der Waals surface area contributed by atoms with Crippen LogP contribution in [0.3, 0.4) is 0 Å². The summed E-state index contributed by atoms with van der Waals surface area (Å²) in [7, 11) is 0. The number of carbonyl (C=O) groups excluding carboxylic acids is 1. The van der Waals surface area contributed by atoms with E-state index in [4.69, 9.17) is 11.6 Å². The van der Waals surface area contributed by atoms with E-state index in [1.807, 2.05) is 6.92 Å². The average molecular weight is 354 g/mol. The van der Waals surface area contributed by atoms with Crippen molar-refractivity contribution in [1.82, 2.24) is 5.32 Å². The number of nitrogens with one attached hydrogen (secondary N) is 2.